The first kappa shape index (κ1) is 19.5. The van der Waals surface area contributed by atoms with Crippen LogP contribution in [0.3, 0.4) is 0 Å². The minimum Gasteiger partial charge on any atom is -0.480 e. The Labute approximate surface area is 137 Å². The van der Waals surface area contributed by atoms with Gasteiger partial charge in [-0.2, -0.15) is 0 Å². The zero-order valence-corrected chi connectivity index (χ0v) is 14.5. The van der Waals surface area contributed by atoms with Gasteiger partial charge in [0.1, 0.15) is 0 Å². The molecule has 0 aromatic carbocycles. The predicted octanol–water partition coefficient (Wildman–Crippen LogP) is 5.14. The third kappa shape index (κ3) is 12.0. The maximum absolute atomic E-state index is 10.4. The van der Waals surface area contributed by atoms with Crippen molar-refractivity contribution in [3.63, 3.8) is 0 Å². The first-order valence-electron chi connectivity index (χ1n) is 9.71. The number of carboxylic acids is 1. The maximum atomic E-state index is 10.4. The molecule has 0 radical (unpaired) electrons. The highest BCUT2D eigenvalue weighted by Gasteiger charge is 2.09. The highest BCUT2D eigenvalue weighted by molar-refractivity contribution is 5.68. The number of carboxylic acid groups (broad SMARTS) is 1. The fraction of sp³-hybridized carbons (Fsp3) is 0.947. The summed E-state index contributed by atoms with van der Waals surface area (Å²) in [5.74, 6) is 0.194. The van der Waals surface area contributed by atoms with E-state index in [0.29, 0.717) is 0 Å². The summed E-state index contributed by atoms with van der Waals surface area (Å²) in [5.41, 5.74) is 0. The summed E-state index contributed by atoms with van der Waals surface area (Å²) in [6.45, 7) is 0.944. The lowest BCUT2D eigenvalue weighted by Gasteiger charge is -2.17. The van der Waals surface area contributed by atoms with Crippen LogP contribution in [0.2, 0.25) is 0 Å². The quantitative estimate of drug-likeness (QED) is 0.610. The molecule has 0 spiro atoms. The lowest BCUT2D eigenvalue weighted by atomic mass is 9.89. The van der Waals surface area contributed by atoms with Crippen molar-refractivity contribution in [2.45, 2.75) is 96.3 Å². The van der Waals surface area contributed by atoms with Gasteiger partial charge in [0, 0.05) is 0 Å². The first-order valence-corrected chi connectivity index (χ1v) is 9.71. The summed E-state index contributed by atoms with van der Waals surface area (Å²) in [6, 6.07) is 0. The molecule has 130 valence electrons. The van der Waals surface area contributed by atoms with E-state index in [1.165, 1.54) is 89.9 Å². The fourth-order valence-electron chi connectivity index (χ4n) is 3.59. The van der Waals surface area contributed by atoms with E-state index in [4.69, 9.17) is 5.11 Å². The molecule has 0 bridgehead atoms. The number of unbranched alkanes of at least 4 members (excludes halogenated alkanes) is 2. The van der Waals surface area contributed by atoms with Crippen molar-refractivity contribution in [1.29, 1.82) is 0 Å². The molecule has 0 aromatic rings. The number of aliphatic carboxylic acids is 1. The Bertz CT molecular complexity index is 256. The summed E-state index contributed by atoms with van der Waals surface area (Å²) < 4.78 is 0. The Morgan fingerprint density at radius 3 is 1.91 bits per heavy atom. The van der Waals surface area contributed by atoms with E-state index in [0.717, 1.165) is 18.9 Å². The van der Waals surface area contributed by atoms with Crippen molar-refractivity contribution >= 4 is 5.97 Å². The molecule has 2 N–H and O–H groups in total. The van der Waals surface area contributed by atoms with Crippen LogP contribution in [0.1, 0.15) is 96.3 Å². The van der Waals surface area contributed by atoms with Gasteiger partial charge < -0.3 is 10.4 Å². The van der Waals surface area contributed by atoms with Gasteiger partial charge in [-0.15, -0.1) is 0 Å². The van der Waals surface area contributed by atoms with Gasteiger partial charge in [0.05, 0.1) is 6.54 Å². The molecule has 0 amide bonds. The van der Waals surface area contributed by atoms with Gasteiger partial charge in [0.15, 0.2) is 0 Å². The van der Waals surface area contributed by atoms with Crippen molar-refractivity contribution in [2.24, 2.45) is 5.92 Å². The first-order chi connectivity index (χ1) is 10.8. The van der Waals surface area contributed by atoms with Gasteiger partial charge in [0.25, 0.3) is 0 Å². The van der Waals surface area contributed by atoms with Crippen molar-refractivity contribution < 1.29 is 9.90 Å². The third-order valence-corrected chi connectivity index (χ3v) is 4.97. The zero-order valence-electron chi connectivity index (χ0n) is 14.5. The number of hydrogen-bond acceptors (Lipinski definition) is 2. The second-order valence-corrected chi connectivity index (χ2v) is 7.05. The highest BCUT2D eigenvalue weighted by Crippen LogP contribution is 2.25. The van der Waals surface area contributed by atoms with Gasteiger partial charge in [-0.25, -0.2) is 0 Å². The van der Waals surface area contributed by atoms with E-state index in [1.54, 1.807) is 0 Å². The summed E-state index contributed by atoms with van der Waals surface area (Å²) in [6.07, 6.45) is 20.9. The number of rotatable bonds is 8. The molecule has 0 unspecified atom stereocenters. The standard InChI is InChI=1S/C19H37NO2/c21-19(22)17-20-16-12-8-11-15-18-13-9-6-4-2-1-3-5-7-10-14-18/h18,20H,1-17H2,(H,21,22). The lowest BCUT2D eigenvalue weighted by molar-refractivity contribution is -0.135. The van der Waals surface area contributed by atoms with Crippen LogP contribution in [0, 0.1) is 5.92 Å². The summed E-state index contributed by atoms with van der Waals surface area (Å²) in [7, 11) is 0. The summed E-state index contributed by atoms with van der Waals surface area (Å²) in [4.78, 5) is 10.4. The van der Waals surface area contributed by atoms with Crippen LogP contribution in [-0.2, 0) is 4.79 Å². The van der Waals surface area contributed by atoms with Crippen LogP contribution in [-0.4, -0.2) is 24.2 Å². The van der Waals surface area contributed by atoms with Gasteiger partial charge in [-0.05, 0) is 18.9 Å². The van der Waals surface area contributed by atoms with Gasteiger partial charge >= 0.3 is 5.97 Å². The molecule has 0 aliphatic heterocycles. The Morgan fingerprint density at radius 1 is 0.818 bits per heavy atom. The fourth-order valence-corrected chi connectivity index (χ4v) is 3.59. The van der Waals surface area contributed by atoms with Crippen LogP contribution in [0.4, 0.5) is 0 Å². The Morgan fingerprint density at radius 2 is 1.36 bits per heavy atom. The van der Waals surface area contributed by atoms with E-state index < -0.39 is 5.97 Å². The molecular weight excluding hydrogens is 274 g/mol. The van der Waals surface area contributed by atoms with Crippen LogP contribution in [0.25, 0.3) is 0 Å². The van der Waals surface area contributed by atoms with Crippen LogP contribution in [0.15, 0.2) is 0 Å². The van der Waals surface area contributed by atoms with Crippen molar-refractivity contribution in [3.8, 4) is 0 Å². The minimum atomic E-state index is -0.756. The molecule has 0 heterocycles. The Hall–Kier alpha value is -0.570. The average molecular weight is 312 g/mol. The van der Waals surface area contributed by atoms with Crippen molar-refractivity contribution in [1.82, 2.24) is 5.32 Å². The van der Waals surface area contributed by atoms with E-state index in [1.807, 2.05) is 0 Å². The third-order valence-electron chi connectivity index (χ3n) is 4.97. The van der Waals surface area contributed by atoms with Gasteiger partial charge in [0.2, 0.25) is 0 Å². The van der Waals surface area contributed by atoms with Crippen LogP contribution in [0.5, 0.6) is 0 Å². The summed E-state index contributed by atoms with van der Waals surface area (Å²) >= 11 is 0. The smallest absolute Gasteiger partial charge is 0.317 e. The minimum absolute atomic E-state index is 0.0998. The van der Waals surface area contributed by atoms with Crippen molar-refractivity contribution in [2.75, 3.05) is 13.1 Å². The molecule has 1 aliphatic rings. The number of nitrogens with one attached hydrogen (secondary N) is 1. The van der Waals surface area contributed by atoms with E-state index in [9.17, 15) is 4.79 Å². The van der Waals surface area contributed by atoms with Gasteiger partial charge in [-0.1, -0.05) is 89.9 Å². The highest BCUT2D eigenvalue weighted by atomic mass is 16.4. The second-order valence-electron chi connectivity index (χ2n) is 7.05. The SMILES string of the molecule is O=C(O)CNCCCCCC1CCCCCCCCCCC1. The number of hydrogen-bond donors (Lipinski definition) is 2. The molecular formula is C19H37NO2. The largest absolute Gasteiger partial charge is 0.480 e. The Balaban J connectivity index is 2.05. The topological polar surface area (TPSA) is 49.3 Å². The second kappa shape index (κ2) is 14.0. The Kier molecular flexibility index (Phi) is 12.4. The molecule has 1 rings (SSSR count). The molecule has 1 aliphatic carbocycles. The molecule has 0 saturated heterocycles. The normalized spacial score (nSPS) is 19.3. The molecule has 1 saturated carbocycles. The molecule has 1 fully saturated rings. The maximum Gasteiger partial charge on any atom is 0.317 e. The molecule has 22 heavy (non-hydrogen) atoms. The molecule has 3 nitrogen and oxygen atoms in total. The van der Waals surface area contributed by atoms with Crippen LogP contribution >= 0.6 is 0 Å². The lowest BCUT2D eigenvalue weighted by Crippen LogP contribution is -2.23. The van der Waals surface area contributed by atoms with Crippen LogP contribution < -0.4 is 5.32 Å². The molecule has 3 heteroatoms. The summed E-state index contributed by atoms with van der Waals surface area (Å²) in [5, 5.41) is 11.5. The van der Waals surface area contributed by atoms with E-state index >= 15 is 0 Å². The van der Waals surface area contributed by atoms with Crippen molar-refractivity contribution in [3.05, 3.63) is 0 Å². The van der Waals surface area contributed by atoms with E-state index in [-0.39, 0.29) is 6.54 Å². The number of carbonyl (C=O) groups is 1. The predicted molar refractivity (Wildman–Crippen MR) is 93.3 cm³/mol. The van der Waals surface area contributed by atoms with Gasteiger partial charge in [-0.3, -0.25) is 4.79 Å². The molecule has 0 atom stereocenters. The monoisotopic (exact) mass is 311 g/mol. The van der Waals surface area contributed by atoms with E-state index in [2.05, 4.69) is 5.32 Å². The zero-order chi connectivity index (χ0) is 15.9. The average Bonchev–Trinajstić information content (AvgIpc) is 2.48. The molecule has 0 aromatic heterocycles.